The van der Waals surface area contributed by atoms with Gasteiger partial charge in [0.25, 0.3) is 0 Å². The van der Waals surface area contributed by atoms with Crippen LogP contribution in [-0.2, 0) is 4.74 Å². The minimum Gasteiger partial charge on any atom is -0.490 e. The van der Waals surface area contributed by atoms with Crippen molar-refractivity contribution in [2.24, 2.45) is 0 Å². The number of carbonyl (C=O) groups excluding carboxylic acids is 1. The fourth-order valence-electron chi connectivity index (χ4n) is 5.57. The predicted molar refractivity (Wildman–Crippen MR) is 188 cm³/mol. The van der Waals surface area contributed by atoms with E-state index in [0.717, 1.165) is 37.0 Å². The lowest BCUT2D eigenvalue weighted by Crippen LogP contribution is -2.10. The van der Waals surface area contributed by atoms with Crippen LogP contribution < -0.4 is 9.47 Å². The van der Waals surface area contributed by atoms with E-state index in [1.54, 1.807) is 6.07 Å². The quantitative estimate of drug-likeness (QED) is 0.0572. The highest BCUT2D eigenvalue weighted by atomic mass is 16.6. The van der Waals surface area contributed by atoms with Gasteiger partial charge < -0.3 is 14.2 Å². The Kier molecular flexibility index (Phi) is 18.1. The first-order valence-corrected chi connectivity index (χ1v) is 17.9. The lowest BCUT2D eigenvalue weighted by Gasteiger charge is -2.14. The Morgan fingerprint density at radius 1 is 0.556 bits per heavy atom. The van der Waals surface area contributed by atoms with Gasteiger partial charge in [0.1, 0.15) is 0 Å². The van der Waals surface area contributed by atoms with Gasteiger partial charge in [-0.05, 0) is 60.7 Å². The summed E-state index contributed by atoms with van der Waals surface area (Å²) in [5.74, 6) is 0.689. The monoisotopic (exact) mass is 614 g/mol. The third-order valence-corrected chi connectivity index (χ3v) is 8.51. The van der Waals surface area contributed by atoms with E-state index < -0.39 is 0 Å². The summed E-state index contributed by atoms with van der Waals surface area (Å²) in [6, 6.07) is 23.5. The van der Waals surface area contributed by atoms with Crippen molar-refractivity contribution < 1.29 is 19.0 Å². The second-order valence-electron chi connectivity index (χ2n) is 12.3. The Bertz CT molecular complexity index is 1180. The van der Waals surface area contributed by atoms with Crippen molar-refractivity contribution in [3.8, 4) is 22.6 Å². The number of hydrogen-bond acceptors (Lipinski definition) is 4. The molecule has 4 nitrogen and oxygen atoms in total. The molecule has 0 radical (unpaired) electrons. The van der Waals surface area contributed by atoms with Crippen LogP contribution in [0.15, 0.2) is 72.8 Å². The maximum Gasteiger partial charge on any atom is 0.343 e. The zero-order valence-corrected chi connectivity index (χ0v) is 28.4. The minimum atomic E-state index is -0.386. The summed E-state index contributed by atoms with van der Waals surface area (Å²) in [5.41, 5.74) is 3.85. The van der Waals surface area contributed by atoms with Crippen molar-refractivity contribution >= 4 is 5.97 Å². The molecular weight excluding hydrogens is 556 g/mol. The molecule has 0 aliphatic carbocycles. The normalized spacial score (nSPS) is 11.8. The van der Waals surface area contributed by atoms with Crippen molar-refractivity contribution in [3.05, 3.63) is 83.9 Å². The molecule has 246 valence electrons. The van der Waals surface area contributed by atoms with Crippen molar-refractivity contribution in [3.63, 3.8) is 0 Å². The third-order valence-electron chi connectivity index (χ3n) is 8.51. The van der Waals surface area contributed by atoms with E-state index in [0.29, 0.717) is 23.7 Å². The summed E-state index contributed by atoms with van der Waals surface area (Å²) in [6.45, 7) is 8.07. The van der Waals surface area contributed by atoms with Crippen LogP contribution in [0.5, 0.6) is 11.5 Å². The van der Waals surface area contributed by atoms with Crippen LogP contribution in [0.25, 0.3) is 11.1 Å². The van der Waals surface area contributed by atoms with Gasteiger partial charge in [0.2, 0.25) is 0 Å². The topological polar surface area (TPSA) is 44.8 Å². The number of carbonyl (C=O) groups is 1. The van der Waals surface area contributed by atoms with Crippen LogP contribution >= 0.6 is 0 Å². The van der Waals surface area contributed by atoms with Gasteiger partial charge in [-0.25, -0.2) is 4.79 Å². The van der Waals surface area contributed by atoms with Gasteiger partial charge in [-0.15, -0.1) is 0 Å². The smallest absolute Gasteiger partial charge is 0.343 e. The van der Waals surface area contributed by atoms with Gasteiger partial charge in [-0.1, -0.05) is 152 Å². The molecular formula is C41H58O4. The first-order chi connectivity index (χ1) is 22.1. The molecule has 0 saturated carbocycles. The number of unbranched alkanes of at least 4 members (excludes halogenated alkanes) is 14. The molecule has 0 fully saturated rings. The molecule has 45 heavy (non-hydrogen) atoms. The molecule has 3 aromatic carbocycles. The third kappa shape index (κ3) is 14.2. The Balaban J connectivity index is 1.40. The van der Waals surface area contributed by atoms with Crippen LogP contribution in [0.3, 0.4) is 0 Å². The van der Waals surface area contributed by atoms with Crippen LogP contribution in [0.1, 0.15) is 146 Å². The summed E-state index contributed by atoms with van der Waals surface area (Å²) in [7, 11) is 0. The van der Waals surface area contributed by atoms with Gasteiger partial charge in [-0.2, -0.15) is 0 Å². The first kappa shape index (κ1) is 36.4. The van der Waals surface area contributed by atoms with E-state index in [9.17, 15) is 4.79 Å². The zero-order chi connectivity index (χ0) is 32.0. The summed E-state index contributed by atoms with van der Waals surface area (Å²) in [4.78, 5) is 13.0. The molecule has 0 N–H and O–H groups in total. The lowest BCUT2D eigenvalue weighted by atomic mass is 10.0. The molecule has 0 aliphatic rings. The van der Waals surface area contributed by atoms with E-state index in [1.165, 1.54) is 89.0 Å². The minimum absolute atomic E-state index is 0.0774. The predicted octanol–water partition coefficient (Wildman–Crippen LogP) is 12.3. The van der Waals surface area contributed by atoms with Gasteiger partial charge >= 0.3 is 5.97 Å². The number of hydrogen-bond donors (Lipinski definition) is 0. The molecule has 0 saturated heterocycles. The molecule has 0 heterocycles. The Hall–Kier alpha value is -3.11. The van der Waals surface area contributed by atoms with Gasteiger partial charge in [0.05, 0.1) is 18.3 Å². The lowest BCUT2D eigenvalue weighted by molar-refractivity contribution is 0.0627. The van der Waals surface area contributed by atoms with Crippen molar-refractivity contribution in [1.82, 2.24) is 0 Å². The average Bonchev–Trinajstić information content (AvgIpc) is 3.07. The Labute approximate surface area is 273 Å². The van der Waals surface area contributed by atoms with E-state index in [2.05, 4.69) is 45.0 Å². The van der Waals surface area contributed by atoms with E-state index in [4.69, 9.17) is 14.2 Å². The van der Waals surface area contributed by atoms with E-state index >= 15 is 0 Å². The van der Waals surface area contributed by atoms with Crippen LogP contribution in [-0.4, -0.2) is 19.2 Å². The van der Waals surface area contributed by atoms with E-state index in [1.807, 2.05) is 42.5 Å². The summed E-state index contributed by atoms with van der Waals surface area (Å²) in [6.07, 6.45) is 20.5. The highest BCUT2D eigenvalue weighted by molar-refractivity contribution is 5.92. The number of rotatable bonds is 24. The zero-order valence-electron chi connectivity index (χ0n) is 28.4. The Morgan fingerprint density at radius 3 is 1.58 bits per heavy atom. The second-order valence-corrected chi connectivity index (χ2v) is 12.3. The van der Waals surface area contributed by atoms with Crippen LogP contribution in [0.4, 0.5) is 0 Å². The molecule has 1 atom stereocenters. The van der Waals surface area contributed by atoms with Gasteiger partial charge in [0.15, 0.2) is 11.5 Å². The molecule has 3 rings (SSSR count). The molecule has 1 unspecified atom stereocenters. The van der Waals surface area contributed by atoms with Crippen molar-refractivity contribution in [2.45, 2.75) is 130 Å². The summed E-state index contributed by atoms with van der Waals surface area (Å²) >= 11 is 0. The SMILES string of the molecule is CCCCCCCCCCCCOc1ccccc1OC(=O)c1ccc(-c2ccc(C(C)OCCCCCCCC)cc2)cc1. The number of esters is 1. The van der Waals surface area contributed by atoms with Crippen LogP contribution in [0, 0.1) is 0 Å². The van der Waals surface area contributed by atoms with Crippen molar-refractivity contribution in [1.29, 1.82) is 0 Å². The first-order valence-electron chi connectivity index (χ1n) is 17.9. The number of benzene rings is 3. The van der Waals surface area contributed by atoms with Crippen molar-refractivity contribution in [2.75, 3.05) is 13.2 Å². The fourth-order valence-corrected chi connectivity index (χ4v) is 5.57. The van der Waals surface area contributed by atoms with Gasteiger partial charge in [0, 0.05) is 6.61 Å². The highest BCUT2D eigenvalue weighted by Gasteiger charge is 2.13. The average molecular weight is 615 g/mol. The molecule has 0 spiro atoms. The van der Waals surface area contributed by atoms with E-state index in [-0.39, 0.29) is 12.1 Å². The highest BCUT2D eigenvalue weighted by Crippen LogP contribution is 2.29. The second kappa shape index (κ2) is 22.4. The fraction of sp³-hybridized carbons (Fsp3) is 0.537. The molecule has 0 aliphatic heterocycles. The number of para-hydroxylation sites is 2. The maximum absolute atomic E-state index is 13.0. The van der Waals surface area contributed by atoms with Gasteiger partial charge in [-0.3, -0.25) is 0 Å². The molecule has 0 bridgehead atoms. The largest absolute Gasteiger partial charge is 0.490 e. The summed E-state index contributed by atoms with van der Waals surface area (Å²) < 4.78 is 17.8. The summed E-state index contributed by atoms with van der Waals surface area (Å²) in [5, 5.41) is 0. The number of ether oxygens (including phenoxy) is 3. The molecule has 4 heteroatoms. The molecule has 3 aromatic rings. The Morgan fingerprint density at radius 2 is 1.02 bits per heavy atom. The molecule has 0 amide bonds. The van der Waals surface area contributed by atoms with Crippen LogP contribution in [0.2, 0.25) is 0 Å². The molecule has 0 aromatic heterocycles. The maximum atomic E-state index is 13.0. The standard InChI is InChI=1S/C41H58O4/c1-4-6-8-10-12-13-14-15-17-21-33-44-39-22-18-19-23-40(39)45-41(42)38-30-28-37(29-31-38)36-26-24-35(25-27-36)34(3)43-32-20-16-11-9-7-5-2/h18-19,22-31,34H,4-17,20-21,32-33H2,1-3H3.